The van der Waals surface area contributed by atoms with Crippen LogP contribution in [0.3, 0.4) is 0 Å². The smallest absolute Gasteiger partial charge is 0.225 e. The van der Waals surface area contributed by atoms with Gasteiger partial charge in [0, 0.05) is 28.4 Å². The van der Waals surface area contributed by atoms with Crippen LogP contribution < -0.4 is 5.32 Å². The number of nitriles is 1. The normalized spacial score (nSPS) is 10.4. The molecule has 1 N–H and O–H groups in total. The topological polar surface area (TPSA) is 65.8 Å². The Morgan fingerprint density at radius 3 is 2.48 bits per heavy atom. The third-order valence-corrected chi connectivity index (χ3v) is 5.88. The first kappa shape index (κ1) is 21.5. The van der Waals surface area contributed by atoms with Crippen molar-refractivity contribution in [1.82, 2.24) is 4.98 Å². The molecule has 0 spiro atoms. The van der Waals surface area contributed by atoms with Crippen LogP contribution in [0.1, 0.15) is 12.0 Å². The standard InChI is InChI=1S/C21H14Cl3N3OS/c22-15-4-1-13(2-5-15)19-8-3-14(12-25)21(27-19)29-10-9-20(28)26-16-6-7-17(23)18(24)11-16/h1-8,11H,9-10H2,(H,26,28). The fraction of sp³-hybridized carbons (Fsp3) is 0.0952. The van der Waals surface area contributed by atoms with Gasteiger partial charge in [-0.3, -0.25) is 4.79 Å². The third kappa shape index (κ3) is 5.88. The first-order valence-electron chi connectivity index (χ1n) is 8.51. The van der Waals surface area contributed by atoms with Crippen LogP contribution in [-0.2, 0) is 4.79 Å². The number of benzene rings is 2. The van der Waals surface area contributed by atoms with Gasteiger partial charge in [0.2, 0.25) is 5.91 Å². The number of carbonyl (C=O) groups excluding carboxylic acids is 1. The number of halogens is 3. The number of pyridine rings is 1. The summed E-state index contributed by atoms with van der Waals surface area (Å²) in [5.41, 5.74) is 2.69. The molecule has 0 bridgehead atoms. The summed E-state index contributed by atoms with van der Waals surface area (Å²) in [6.07, 6.45) is 0.253. The highest BCUT2D eigenvalue weighted by atomic mass is 35.5. The van der Waals surface area contributed by atoms with Gasteiger partial charge < -0.3 is 5.32 Å². The number of thioether (sulfide) groups is 1. The number of carbonyl (C=O) groups is 1. The number of hydrogen-bond acceptors (Lipinski definition) is 4. The Balaban J connectivity index is 1.64. The lowest BCUT2D eigenvalue weighted by molar-refractivity contribution is -0.115. The van der Waals surface area contributed by atoms with Crippen LogP contribution in [0.4, 0.5) is 5.69 Å². The van der Waals surface area contributed by atoms with Gasteiger partial charge in [-0.25, -0.2) is 4.98 Å². The lowest BCUT2D eigenvalue weighted by Crippen LogP contribution is -2.12. The van der Waals surface area contributed by atoms with Crippen molar-refractivity contribution < 1.29 is 4.79 Å². The number of aromatic nitrogens is 1. The molecule has 29 heavy (non-hydrogen) atoms. The second-order valence-electron chi connectivity index (χ2n) is 5.94. The van der Waals surface area contributed by atoms with Crippen molar-refractivity contribution in [2.75, 3.05) is 11.1 Å². The van der Waals surface area contributed by atoms with E-state index in [1.54, 1.807) is 42.5 Å². The van der Waals surface area contributed by atoms with E-state index in [0.717, 1.165) is 11.3 Å². The summed E-state index contributed by atoms with van der Waals surface area (Å²) in [5, 5.41) is 14.2. The summed E-state index contributed by atoms with van der Waals surface area (Å²) in [6, 6.07) is 17.9. The SMILES string of the molecule is N#Cc1ccc(-c2ccc(Cl)cc2)nc1SCCC(=O)Nc1ccc(Cl)c(Cl)c1. The van der Waals surface area contributed by atoms with E-state index in [1.165, 1.54) is 11.8 Å². The molecule has 1 heterocycles. The molecule has 3 aromatic rings. The van der Waals surface area contributed by atoms with Crippen LogP contribution in [0.2, 0.25) is 15.1 Å². The molecule has 0 aliphatic heterocycles. The van der Waals surface area contributed by atoms with Crippen LogP contribution in [0.5, 0.6) is 0 Å². The average Bonchev–Trinajstić information content (AvgIpc) is 2.71. The van der Waals surface area contributed by atoms with Crippen molar-refractivity contribution in [3.63, 3.8) is 0 Å². The number of hydrogen-bond donors (Lipinski definition) is 1. The van der Waals surface area contributed by atoms with E-state index >= 15 is 0 Å². The van der Waals surface area contributed by atoms with Crippen LogP contribution in [0.25, 0.3) is 11.3 Å². The molecule has 0 atom stereocenters. The number of anilines is 1. The highest BCUT2D eigenvalue weighted by Crippen LogP contribution is 2.27. The minimum absolute atomic E-state index is 0.164. The predicted octanol–water partition coefficient (Wildman–Crippen LogP) is 6.70. The van der Waals surface area contributed by atoms with Gasteiger partial charge in [-0.1, -0.05) is 46.9 Å². The van der Waals surface area contributed by atoms with Crippen molar-refractivity contribution in [3.05, 3.63) is 75.2 Å². The van der Waals surface area contributed by atoms with Gasteiger partial charge in [0.15, 0.2) is 0 Å². The summed E-state index contributed by atoms with van der Waals surface area (Å²) < 4.78 is 0. The fourth-order valence-electron chi connectivity index (χ4n) is 2.45. The maximum absolute atomic E-state index is 12.2. The van der Waals surface area contributed by atoms with Gasteiger partial charge in [0.05, 0.1) is 21.3 Å². The lowest BCUT2D eigenvalue weighted by Gasteiger charge is -2.08. The maximum atomic E-state index is 12.2. The zero-order chi connectivity index (χ0) is 20.8. The Morgan fingerprint density at radius 2 is 1.79 bits per heavy atom. The maximum Gasteiger partial charge on any atom is 0.225 e. The van der Waals surface area contributed by atoms with Gasteiger partial charge in [0.1, 0.15) is 11.1 Å². The van der Waals surface area contributed by atoms with E-state index in [1.807, 2.05) is 12.1 Å². The van der Waals surface area contributed by atoms with Crippen LogP contribution in [-0.4, -0.2) is 16.6 Å². The molecule has 0 aliphatic rings. The average molecular weight is 463 g/mol. The Bertz CT molecular complexity index is 1080. The molecule has 1 amide bonds. The Morgan fingerprint density at radius 1 is 1.03 bits per heavy atom. The summed E-state index contributed by atoms with van der Waals surface area (Å²) >= 11 is 19.1. The van der Waals surface area contributed by atoms with Gasteiger partial charge in [-0.05, 0) is 42.5 Å². The van der Waals surface area contributed by atoms with Crippen LogP contribution in [0, 0.1) is 11.3 Å². The minimum Gasteiger partial charge on any atom is -0.326 e. The molecule has 1 aromatic heterocycles. The monoisotopic (exact) mass is 461 g/mol. The second-order valence-corrected chi connectivity index (χ2v) is 8.28. The lowest BCUT2D eigenvalue weighted by atomic mass is 10.1. The molecular formula is C21H14Cl3N3OS. The summed E-state index contributed by atoms with van der Waals surface area (Å²) in [4.78, 5) is 16.8. The zero-order valence-electron chi connectivity index (χ0n) is 15.0. The van der Waals surface area contributed by atoms with Gasteiger partial charge >= 0.3 is 0 Å². The molecule has 0 aliphatic carbocycles. The molecule has 4 nitrogen and oxygen atoms in total. The van der Waals surface area contributed by atoms with Crippen LogP contribution in [0.15, 0.2) is 59.6 Å². The highest BCUT2D eigenvalue weighted by molar-refractivity contribution is 7.99. The van der Waals surface area contributed by atoms with Gasteiger partial charge in [-0.2, -0.15) is 5.26 Å². The molecule has 0 fully saturated rings. The number of nitrogens with one attached hydrogen (secondary N) is 1. The largest absolute Gasteiger partial charge is 0.326 e. The minimum atomic E-state index is -0.164. The second kappa shape index (κ2) is 10.00. The van der Waals surface area contributed by atoms with Crippen molar-refractivity contribution in [2.45, 2.75) is 11.4 Å². The molecule has 2 aromatic carbocycles. The van der Waals surface area contributed by atoms with E-state index in [2.05, 4.69) is 16.4 Å². The number of rotatable bonds is 6. The summed E-state index contributed by atoms with van der Waals surface area (Å²) in [7, 11) is 0. The van der Waals surface area contributed by atoms with E-state index in [4.69, 9.17) is 34.8 Å². The van der Waals surface area contributed by atoms with E-state index in [0.29, 0.717) is 37.1 Å². The Labute approximate surface area is 187 Å². The Hall–Kier alpha value is -2.23. The first-order chi connectivity index (χ1) is 14.0. The predicted molar refractivity (Wildman–Crippen MR) is 120 cm³/mol. The highest BCUT2D eigenvalue weighted by Gasteiger charge is 2.10. The van der Waals surface area contributed by atoms with E-state index in [9.17, 15) is 10.1 Å². The molecule has 0 saturated carbocycles. The molecule has 3 rings (SSSR count). The molecule has 0 radical (unpaired) electrons. The van der Waals surface area contributed by atoms with Gasteiger partial charge in [0.25, 0.3) is 0 Å². The van der Waals surface area contributed by atoms with Crippen molar-refractivity contribution in [3.8, 4) is 17.3 Å². The molecule has 0 unspecified atom stereocenters. The summed E-state index contributed by atoms with van der Waals surface area (Å²) in [6.45, 7) is 0. The van der Waals surface area contributed by atoms with Crippen molar-refractivity contribution in [1.29, 1.82) is 5.26 Å². The van der Waals surface area contributed by atoms with E-state index < -0.39 is 0 Å². The quantitative estimate of drug-likeness (QED) is 0.414. The zero-order valence-corrected chi connectivity index (χ0v) is 18.0. The van der Waals surface area contributed by atoms with Crippen molar-refractivity contribution in [2.24, 2.45) is 0 Å². The fourth-order valence-corrected chi connectivity index (χ4v) is 3.79. The molecule has 146 valence electrons. The molecule has 8 heteroatoms. The van der Waals surface area contributed by atoms with Gasteiger partial charge in [-0.15, -0.1) is 11.8 Å². The van der Waals surface area contributed by atoms with Crippen molar-refractivity contribution >= 4 is 58.2 Å². The summed E-state index contributed by atoms with van der Waals surface area (Å²) in [5.74, 6) is 0.307. The first-order valence-corrected chi connectivity index (χ1v) is 10.6. The molecular weight excluding hydrogens is 449 g/mol. The van der Waals surface area contributed by atoms with E-state index in [-0.39, 0.29) is 12.3 Å². The number of nitrogens with zero attached hydrogens (tertiary/aromatic N) is 2. The molecule has 0 saturated heterocycles. The number of amides is 1. The Kier molecular flexibility index (Phi) is 7.40. The third-order valence-electron chi connectivity index (χ3n) is 3.89. The van der Waals surface area contributed by atoms with Crippen LogP contribution >= 0.6 is 46.6 Å².